The van der Waals surface area contributed by atoms with Crippen molar-refractivity contribution in [3.05, 3.63) is 0 Å². The summed E-state index contributed by atoms with van der Waals surface area (Å²) >= 11 is 0. The number of ether oxygens (including phenoxy) is 12. The van der Waals surface area contributed by atoms with E-state index in [1.54, 1.807) is 0 Å². The van der Waals surface area contributed by atoms with E-state index in [0.29, 0.717) is 145 Å². The van der Waals surface area contributed by atoms with E-state index in [9.17, 15) is 0 Å². The first-order chi connectivity index (χ1) is 19.8. The predicted molar refractivity (Wildman–Crippen MR) is 150 cm³/mol. The zero-order valence-corrected chi connectivity index (χ0v) is 25.4. The van der Waals surface area contributed by atoms with Gasteiger partial charge in [0, 0.05) is 6.61 Å². The van der Waals surface area contributed by atoms with Crippen molar-refractivity contribution < 1.29 is 56.8 Å². The van der Waals surface area contributed by atoms with E-state index in [4.69, 9.17) is 56.8 Å². The highest BCUT2D eigenvalue weighted by molar-refractivity contribution is 4.40. The third-order valence-electron chi connectivity index (χ3n) is 4.75. The molecule has 242 valence electrons. The van der Waals surface area contributed by atoms with Gasteiger partial charge in [-0.3, -0.25) is 0 Å². The molecule has 0 saturated carbocycles. The van der Waals surface area contributed by atoms with Gasteiger partial charge in [-0.1, -0.05) is 6.92 Å². The first-order valence-electron chi connectivity index (χ1n) is 14.7. The van der Waals surface area contributed by atoms with Crippen LogP contribution in [0.3, 0.4) is 0 Å². The van der Waals surface area contributed by atoms with Crippen molar-refractivity contribution in [3.63, 3.8) is 0 Å². The Labute approximate surface area is 242 Å². The van der Waals surface area contributed by atoms with E-state index in [2.05, 4.69) is 6.92 Å². The summed E-state index contributed by atoms with van der Waals surface area (Å²) in [5.74, 6) is 0. The van der Waals surface area contributed by atoms with Crippen molar-refractivity contribution in [2.45, 2.75) is 33.3 Å². The molecule has 0 aromatic carbocycles. The van der Waals surface area contributed by atoms with Crippen LogP contribution in [-0.2, 0) is 56.8 Å². The van der Waals surface area contributed by atoms with E-state index in [1.807, 2.05) is 13.8 Å². The van der Waals surface area contributed by atoms with E-state index < -0.39 is 0 Å². The predicted octanol–water partition coefficient (Wildman–Crippen LogP) is 2.00. The molecule has 0 radical (unpaired) electrons. The lowest BCUT2D eigenvalue weighted by atomic mass is 10.5. The van der Waals surface area contributed by atoms with Crippen LogP contribution in [0, 0.1) is 0 Å². The summed E-state index contributed by atoms with van der Waals surface area (Å²) in [6, 6.07) is 0. The van der Waals surface area contributed by atoms with Crippen LogP contribution in [0.15, 0.2) is 0 Å². The minimum Gasteiger partial charge on any atom is -0.379 e. The molecule has 0 aliphatic carbocycles. The molecule has 0 aromatic heterocycles. The lowest BCUT2D eigenvalue weighted by Crippen LogP contribution is -2.15. The van der Waals surface area contributed by atoms with E-state index in [0.717, 1.165) is 13.0 Å². The smallest absolute Gasteiger partial charge is 0.0703 e. The SMILES string of the molecule is CCCOCCOCCOCCOCCOCCOCCOCCOCCOCCOCCOCCOC(C)C. The molecule has 0 heterocycles. The van der Waals surface area contributed by atoms with Crippen molar-refractivity contribution in [3.8, 4) is 0 Å². The minimum absolute atomic E-state index is 0.234. The molecule has 0 aliphatic heterocycles. The monoisotopic (exact) mass is 586 g/mol. The van der Waals surface area contributed by atoms with Crippen molar-refractivity contribution in [2.75, 3.05) is 152 Å². The fourth-order valence-electron chi connectivity index (χ4n) is 2.79. The number of hydrogen-bond donors (Lipinski definition) is 0. The van der Waals surface area contributed by atoms with Crippen LogP contribution in [0.5, 0.6) is 0 Å². The summed E-state index contributed by atoms with van der Waals surface area (Å²) in [7, 11) is 0. The van der Waals surface area contributed by atoms with E-state index >= 15 is 0 Å². The molecule has 12 heteroatoms. The lowest BCUT2D eigenvalue weighted by Gasteiger charge is -2.09. The van der Waals surface area contributed by atoms with Gasteiger partial charge in [-0.05, 0) is 20.3 Å². The second kappa shape index (κ2) is 36.5. The third kappa shape index (κ3) is 37.5. The van der Waals surface area contributed by atoms with Crippen LogP contribution in [0.4, 0.5) is 0 Å². The summed E-state index contributed by atoms with van der Waals surface area (Å²) < 4.78 is 65.2. The van der Waals surface area contributed by atoms with Crippen molar-refractivity contribution >= 4 is 0 Å². The second-order valence-electron chi connectivity index (χ2n) is 8.66. The highest BCUT2D eigenvalue weighted by Crippen LogP contribution is 1.89. The number of rotatable bonds is 36. The molecule has 0 spiro atoms. The standard InChI is InChI=1S/C28H58O12/c1-4-5-29-6-7-30-8-9-31-10-11-32-12-13-33-14-15-34-16-17-35-18-19-36-20-21-37-22-23-38-24-25-39-26-27-40-28(2)3/h28H,4-27H2,1-3H3. The molecule has 0 N–H and O–H groups in total. The molecule has 0 aromatic rings. The van der Waals surface area contributed by atoms with E-state index in [-0.39, 0.29) is 6.10 Å². The molecular weight excluding hydrogens is 528 g/mol. The molecule has 0 amide bonds. The Morgan fingerprint density at radius 2 is 0.450 bits per heavy atom. The fraction of sp³-hybridized carbons (Fsp3) is 1.00. The van der Waals surface area contributed by atoms with Crippen molar-refractivity contribution in [2.24, 2.45) is 0 Å². The molecule has 0 saturated heterocycles. The van der Waals surface area contributed by atoms with Gasteiger partial charge < -0.3 is 56.8 Å². The van der Waals surface area contributed by atoms with Gasteiger partial charge in [0.2, 0.25) is 0 Å². The Kier molecular flexibility index (Phi) is 36.1. The third-order valence-corrected chi connectivity index (χ3v) is 4.75. The normalized spacial score (nSPS) is 11.7. The molecule has 0 aliphatic rings. The maximum atomic E-state index is 5.47. The lowest BCUT2D eigenvalue weighted by molar-refractivity contribution is -0.0293. The molecule has 0 fully saturated rings. The summed E-state index contributed by atoms with van der Waals surface area (Å²) in [4.78, 5) is 0. The average molecular weight is 587 g/mol. The highest BCUT2D eigenvalue weighted by atomic mass is 16.6. The maximum absolute atomic E-state index is 5.47. The van der Waals surface area contributed by atoms with E-state index in [1.165, 1.54) is 0 Å². The zero-order valence-electron chi connectivity index (χ0n) is 25.4. The number of hydrogen-bond acceptors (Lipinski definition) is 12. The molecule has 12 nitrogen and oxygen atoms in total. The average Bonchev–Trinajstić information content (AvgIpc) is 2.95. The van der Waals surface area contributed by atoms with Crippen LogP contribution in [0.1, 0.15) is 27.2 Å². The minimum atomic E-state index is 0.234. The first-order valence-corrected chi connectivity index (χ1v) is 14.7. The molecule has 0 atom stereocenters. The van der Waals surface area contributed by atoms with Crippen LogP contribution in [-0.4, -0.2) is 158 Å². The van der Waals surface area contributed by atoms with Gasteiger partial charge in [0.15, 0.2) is 0 Å². The highest BCUT2D eigenvalue weighted by Gasteiger charge is 1.97. The second-order valence-corrected chi connectivity index (χ2v) is 8.66. The van der Waals surface area contributed by atoms with Crippen LogP contribution in [0.2, 0.25) is 0 Å². The van der Waals surface area contributed by atoms with Gasteiger partial charge in [0.1, 0.15) is 0 Å². The first kappa shape index (κ1) is 39.5. The summed E-state index contributed by atoms with van der Waals surface area (Å²) in [6.07, 6.45) is 1.26. The van der Waals surface area contributed by atoms with Crippen LogP contribution >= 0.6 is 0 Å². The van der Waals surface area contributed by atoms with Crippen LogP contribution in [0.25, 0.3) is 0 Å². The Balaban J connectivity index is 3.02. The largest absolute Gasteiger partial charge is 0.379 e. The topological polar surface area (TPSA) is 111 Å². The quantitative estimate of drug-likeness (QED) is 0.100. The summed E-state index contributed by atoms with van der Waals surface area (Å²) in [5, 5.41) is 0. The van der Waals surface area contributed by atoms with Gasteiger partial charge in [-0.25, -0.2) is 0 Å². The Bertz CT molecular complexity index is 446. The van der Waals surface area contributed by atoms with Gasteiger partial charge in [0.25, 0.3) is 0 Å². The fourth-order valence-corrected chi connectivity index (χ4v) is 2.79. The Hall–Kier alpha value is -0.480. The Morgan fingerprint density at radius 1 is 0.275 bits per heavy atom. The zero-order chi connectivity index (χ0) is 29.0. The molecule has 40 heavy (non-hydrogen) atoms. The molecular formula is C28H58O12. The summed E-state index contributed by atoms with van der Waals surface area (Å²) in [6.45, 7) is 18.9. The molecule has 0 unspecified atom stereocenters. The van der Waals surface area contributed by atoms with Gasteiger partial charge >= 0.3 is 0 Å². The van der Waals surface area contributed by atoms with Gasteiger partial charge in [-0.2, -0.15) is 0 Å². The molecule has 0 rings (SSSR count). The van der Waals surface area contributed by atoms with Gasteiger partial charge in [-0.15, -0.1) is 0 Å². The summed E-state index contributed by atoms with van der Waals surface area (Å²) in [5.41, 5.74) is 0. The molecule has 0 bridgehead atoms. The van der Waals surface area contributed by atoms with Gasteiger partial charge in [0.05, 0.1) is 151 Å². The van der Waals surface area contributed by atoms with Crippen LogP contribution < -0.4 is 0 Å². The maximum Gasteiger partial charge on any atom is 0.0703 e. The van der Waals surface area contributed by atoms with Crippen molar-refractivity contribution in [1.29, 1.82) is 0 Å². The van der Waals surface area contributed by atoms with Crippen molar-refractivity contribution in [1.82, 2.24) is 0 Å². The Morgan fingerprint density at radius 3 is 0.625 bits per heavy atom.